The van der Waals surface area contributed by atoms with Crippen LogP contribution in [0.1, 0.15) is 64.9 Å². The van der Waals surface area contributed by atoms with Crippen LogP contribution in [0.3, 0.4) is 0 Å². The fourth-order valence-electron chi connectivity index (χ4n) is 8.32. The third kappa shape index (κ3) is 3.55. The van der Waals surface area contributed by atoms with E-state index in [9.17, 15) is 0 Å². The number of pyridine rings is 2. The highest BCUT2D eigenvalue weighted by molar-refractivity contribution is 6.13. The van der Waals surface area contributed by atoms with Crippen LogP contribution in [0.15, 0.2) is 89.7 Å². The topological polar surface area (TPSA) is 77.4 Å². The van der Waals surface area contributed by atoms with Gasteiger partial charge in [0.2, 0.25) is 11.5 Å². The van der Waals surface area contributed by atoms with Crippen LogP contribution in [0, 0.1) is 5.92 Å². The van der Waals surface area contributed by atoms with Gasteiger partial charge in [0, 0.05) is 39.4 Å². The van der Waals surface area contributed by atoms with E-state index < -0.39 is 0 Å². The van der Waals surface area contributed by atoms with Crippen LogP contribution < -0.4 is 9.13 Å². The summed E-state index contributed by atoms with van der Waals surface area (Å²) in [6, 6.07) is 23.6. The Morgan fingerprint density at radius 1 is 0.891 bits per heavy atom. The van der Waals surface area contributed by atoms with E-state index in [0.717, 1.165) is 75.5 Å². The Balaban J connectivity index is 1.41. The molecule has 8 heteroatoms. The minimum atomic E-state index is -0.341. The van der Waals surface area contributed by atoms with Gasteiger partial charge in [0.1, 0.15) is 22.9 Å². The summed E-state index contributed by atoms with van der Waals surface area (Å²) in [7, 11) is 0. The Labute approximate surface area is 267 Å². The second-order valence-electron chi connectivity index (χ2n) is 13.9. The molecule has 0 saturated carbocycles. The summed E-state index contributed by atoms with van der Waals surface area (Å²) in [6.07, 6.45) is 7.60. The van der Waals surface area contributed by atoms with Crippen molar-refractivity contribution in [2.24, 2.45) is 5.92 Å². The first-order valence-corrected chi connectivity index (χ1v) is 16.4. The van der Waals surface area contributed by atoms with E-state index in [1.165, 1.54) is 11.1 Å². The lowest BCUT2D eigenvalue weighted by atomic mass is 9.73. The van der Waals surface area contributed by atoms with Crippen LogP contribution in [0.4, 0.5) is 0 Å². The predicted octanol–water partition coefficient (Wildman–Crippen LogP) is 7.08. The fourth-order valence-corrected chi connectivity index (χ4v) is 8.32. The summed E-state index contributed by atoms with van der Waals surface area (Å²) in [5, 5.41) is 7.68. The molecule has 2 aliphatic rings. The third-order valence-electron chi connectivity index (χ3n) is 10.6. The van der Waals surface area contributed by atoms with Crippen LogP contribution in [-0.4, -0.2) is 24.7 Å². The van der Waals surface area contributed by atoms with Gasteiger partial charge in [-0.15, -0.1) is 0 Å². The van der Waals surface area contributed by atoms with Crippen molar-refractivity contribution >= 4 is 33.1 Å². The van der Waals surface area contributed by atoms with Crippen molar-refractivity contribution in [3.63, 3.8) is 0 Å². The maximum absolute atomic E-state index is 6.43. The van der Waals surface area contributed by atoms with Gasteiger partial charge in [0.15, 0.2) is 30.3 Å². The van der Waals surface area contributed by atoms with Crippen LogP contribution in [-0.2, 0) is 17.5 Å². The van der Waals surface area contributed by atoms with Crippen LogP contribution in [0.5, 0.6) is 0 Å². The Morgan fingerprint density at radius 3 is 2.52 bits per heavy atom. The number of hydrogen-bond donors (Lipinski definition) is 0. The molecule has 228 valence electrons. The van der Waals surface area contributed by atoms with E-state index in [2.05, 4.69) is 115 Å². The molecule has 5 aromatic heterocycles. The first kappa shape index (κ1) is 27.3. The first-order chi connectivity index (χ1) is 22.3. The van der Waals surface area contributed by atoms with Crippen molar-refractivity contribution in [3.05, 3.63) is 96.7 Å². The van der Waals surface area contributed by atoms with Gasteiger partial charge in [-0.1, -0.05) is 58.9 Å². The number of rotatable bonds is 3. The predicted molar refractivity (Wildman–Crippen MR) is 177 cm³/mol. The smallest absolute Gasteiger partial charge is 0.349 e. The summed E-state index contributed by atoms with van der Waals surface area (Å²) in [5.41, 5.74) is 7.78. The largest absolute Gasteiger partial charge is 0.456 e. The molecule has 0 N–H and O–H groups in total. The van der Waals surface area contributed by atoms with E-state index in [4.69, 9.17) is 24.5 Å². The van der Waals surface area contributed by atoms with Crippen LogP contribution in [0.25, 0.3) is 55.9 Å². The molecule has 8 nitrogen and oxygen atoms in total. The minimum Gasteiger partial charge on any atom is -0.456 e. The van der Waals surface area contributed by atoms with Gasteiger partial charge in [-0.3, -0.25) is 0 Å². The zero-order valence-electron chi connectivity index (χ0n) is 26.9. The van der Waals surface area contributed by atoms with Gasteiger partial charge in [-0.25, -0.2) is 19.2 Å². The molecule has 46 heavy (non-hydrogen) atoms. The average Bonchev–Trinajstić information content (AvgIpc) is 3.76. The van der Waals surface area contributed by atoms with E-state index in [-0.39, 0.29) is 22.9 Å². The number of para-hydroxylation sites is 1. The number of nitrogens with zero attached hydrogens (tertiary/aromatic N) is 7. The van der Waals surface area contributed by atoms with E-state index in [1.54, 1.807) is 6.20 Å². The molecule has 2 unspecified atom stereocenters. The highest BCUT2D eigenvalue weighted by Gasteiger charge is 2.55. The van der Waals surface area contributed by atoms with Gasteiger partial charge in [-0.05, 0) is 48.2 Å². The Bertz CT molecular complexity index is 2340. The second kappa shape index (κ2) is 9.52. The fraction of sp³-hybridized carbons (Fsp3) is 0.316. The molecule has 0 radical (unpaired) electrons. The molecule has 0 spiro atoms. The van der Waals surface area contributed by atoms with E-state index in [0.29, 0.717) is 0 Å². The molecule has 2 atom stereocenters. The molecule has 7 aromatic rings. The first-order valence-electron chi connectivity index (χ1n) is 16.4. The zero-order chi connectivity index (χ0) is 31.4. The molecule has 0 bridgehead atoms. The standard InChI is InChI=1S/C38H37N7O/c1-6-38(7-2)25(22-43-21-11-10-13-28(43)35-41-36(37(3,4)5)42-45(35)38)33-24-15-18-30-32(23-12-8-9-14-29(23)46-30)31(24)27-17-16-26-34(44(27)33)40-20-19-39-26/h8-21,25,33H,6-7,22H2,1-5H3/q+2. The highest BCUT2D eigenvalue weighted by atomic mass is 16.3. The number of hydrogen-bond acceptors (Lipinski definition) is 5. The summed E-state index contributed by atoms with van der Waals surface area (Å²) in [4.78, 5) is 15.0. The molecule has 0 saturated heterocycles. The maximum atomic E-state index is 6.43. The third-order valence-corrected chi connectivity index (χ3v) is 10.6. The van der Waals surface area contributed by atoms with Crippen molar-refractivity contribution in [2.75, 3.05) is 0 Å². The molecule has 0 amide bonds. The molecule has 7 heterocycles. The SMILES string of the molecule is CCC1(CC)C(C2c3ccc4oc5ccccc5c4c3-c3ccc4nccnc4[n+]32)C[n+]2ccccc2-c2nc(C(C)(C)C)nn21. The molecule has 9 rings (SSSR count). The lowest BCUT2D eigenvalue weighted by Crippen LogP contribution is -2.56. The van der Waals surface area contributed by atoms with Crippen LogP contribution >= 0.6 is 0 Å². The van der Waals surface area contributed by atoms with Gasteiger partial charge in [0.05, 0.1) is 17.7 Å². The van der Waals surface area contributed by atoms with Gasteiger partial charge < -0.3 is 4.42 Å². The van der Waals surface area contributed by atoms with Crippen LogP contribution in [0.2, 0.25) is 0 Å². The summed E-state index contributed by atoms with van der Waals surface area (Å²) in [6.45, 7) is 12.0. The van der Waals surface area contributed by atoms with Crippen molar-refractivity contribution in [2.45, 2.75) is 71.0 Å². The number of fused-ring (bicyclic) bond motifs is 12. The normalized spacial score (nSPS) is 18.4. The van der Waals surface area contributed by atoms with Crippen molar-refractivity contribution in [1.82, 2.24) is 24.7 Å². The quantitative estimate of drug-likeness (QED) is 0.201. The number of furan rings is 1. The number of benzene rings is 2. The molecule has 2 aliphatic heterocycles. The Hall–Kier alpha value is -4.98. The maximum Gasteiger partial charge on any atom is 0.349 e. The molecular weight excluding hydrogens is 570 g/mol. The molecule has 0 aliphatic carbocycles. The Morgan fingerprint density at radius 2 is 1.70 bits per heavy atom. The second-order valence-corrected chi connectivity index (χ2v) is 13.9. The van der Waals surface area contributed by atoms with Gasteiger partial charge in [0.25, 0.3) is 0 Å². The number of aromatic nitrogens is 7. The van der Waals surface area contributed by atoms with Gasteiger partial charge in [-0.2, -0.15) is 9.67 Å². The lowest BCUT2D eigenvalue weighted by molar-refractivity contribution is -0.726. The van der Waals surface area contributed by atoms with Crippen molar-refractivity contribution in [1.29, 1.82) is 0 Å². The monoisotopic (exact) mass is 607 g/mol. The van der Waals surface area contributed by atoms with Crippen molar-refractivity contribution < 1.29 is 13.6 Å². The van der Waals surface area contributed by atoms with Crippen molar-refractivity contribution in [3.8, 4) is 22.8 Å². The molecule has 0 fully saturated rings. The summed E-state index contributed by atoms with van der Waals surface area (Å²) in [5.74, 6) is 1.90. The lowest BCUT2D eigenvalue weighted by Gasteiger charge is -2.39. The average molecular weight is 608 g/mol. The van der Waals surface area contributed by atoms with Gasteiger partial charge >= 0.3 is 5.65 Å². The molecular formula is C38H37N7O+2. The highest BCUT2D eigenvalue weighted by Crippen LogP contribution is 2.51. The Kier molecular flexibility index (Phi) is 5.66. The molecule has 2 aromatic carbocycles. The summed E-state index contributed by atoms with van der Waals surface area (Å²) >= 11 is 0. The van der Waals surface area contributed by atoms with E-state index in [1.807, 2.05) is 12.3 Å². The zero-order valence-corrected chi connectivity index (χ0v) is 26.9. The summed E-state index contributed by atoms with van der Waals surface area (Å²) < 4.78 is 13.6. The minimum absolute atomic E-state index is 0.0443. The van der Waals surface area contributed by atoms with E-state index >= 15 is 0 Å².